The average molecular weight is 394 g/mol. The number of rotatable bonds is 4. The van der Waals surface area contributed by atoms with E-state index in [-0.39, 0.29) is 16.6 Å². The first-order chi connectivity index (χ1) is 12.9. The minimum absolute atomic E-state index is 0.0463. The molecule has 27 heavy (non-hydrogen) atoms. The van der Waals surface area contributed by atoms with E-state index in [1.165, 1.54) is 6.07 Å². The van der Waals surface area contributed by atoms with Crippen LogP contribution in [0.5, 0.6) is 0 Å². The third-order valence-electron chi connectivity index (χ3n) is 6.24. The van der Waals surface area contributed by atoms with Gasteiger partial charge in [0.1, 0.15) is 0 Å². The fourth-order valence-electron chi connectivity index (χ4n) is 4.62. The van der Waals surface area contributed by atoms with Gasteiger partial charge in [-0.05, 0) is 51.7 Å². The van der Waals surface area contributed by atoms with Crippen LogP contribution >= 0.6 is 0 Å². The lowest BCUT2D eigenvalue weighted by atomic mass is 9.77. The second-order valence-corrected chi connectivity index (χ2v) is 9.63. The number of aryl methyl sites for hydroxylation is 1. The molecule has 8 heteroatoms. The molecule has 0 amide bonds. The number of ether oxygens (including phenoxy) is 1. The van der Waals surface area contributed by atoms with Crippen LogP contribution in [0, 0.1) is 19.3 Å². The summed E-state index contributed by atoms with van der Waals surface area (Å²) in [5.41, 5.74) is 1.53. The molecule has 1 saturated carbocycles. The monoisotopic (exact) mass is 394 g/mol. The van der Waals surface area contributed by atoms with Crippen LogP contribution in [0.25, 0.3) is 11.5 Å². The van der Waals surface area contributed by atoms with Crippen molar-refractivity contribution in [2.45, 2.75) is 57.1 Å². The Morgan fingerprint density at radius 1 is 1.26 bits per heavy atom. The van der Waals surface area contributed by atoms with E-state index in [9.17, 15) is 8.42 Å². The summed E-state index contributed by atoms with van der Waals surface area (Å²) in [5, 5.41) is 3.86. The van der Waals surface area contributed by atoms with Gasteiger partial charge in [0.05, 0.1) is 11.8 Å². The lowest BCUT2D eigenvalue weighted by molar-refractivity contribution is -0.0186. The van der Waals surface area contributed by atoms with Gasteiger partial charge in [0, 0.05) is 31.2 Å². The largest absolute Gasteiger partial charge is 0.440 e. The third-order valence-corrected chi connectivity index (χ3v) is 7.96. The Morgan fingerprint density at radius 2 is 2.04 bits per heavy atom. The van der Waals surface area contributed by atoms with Gasteiger partial charge >= 0.3 is 0 Å². The molecule has 0 radical (unpaired) electrons. The first kappa shape index (κ1) is 18.7. The standard InChI is InChI=1S/C19H26N2O5S/c1-13-14(2)20-26-18(13)15-7-8-17(25-15)27(22,23)21-11-5-10-19(12-21)9-4-6-16(19)24-3/h7-8,16H,4-6,9-12H2,1-3H3/t16?,19-/m1/s1. The molecule has 1 saturated heterocycles. The van der Waals surface area contributed by atoms with Crippen molar-refractivity contribution in [1.82, 2.24) is 9.46 Å². The summed E-state index contributed by atoms with van der Waals surface area (Å²) in [6.07, 6.45) is 5.07. The lowest BCUT2D eigenvalue weighted by Gasteiger charge is -2.42. The highest BCUT2D eigenvalue weighted by Gasteiger charge is 2.48. The number of sulfonamides is 1. The SMILES string of the molecule is COC1CCC[C@]12CCCN(S(=O)(=O)c1ccc(-c3onc(C)c3C)o1)C2. The summed E-state index contributed by atoms with van der Waals surface area (Å²) in [7, 11) is -1.97. The molecular formula is C19H26N2O5S. The number of furan rings is 1. The Kier molecular flexibility index (Phi) is 4.68. The molecule has 4 rings (SSSR count). The normalized spacial score (nSPS) is 26.9. The van der Waals surface area contributed by atoms with Crippen molar-refractivity contribution >= 4 is 10.0 Å². The zero-order chi connectivity index (χ0) is 19.2. The summed E-state index contributed by atoms with van der Waals surface area (Å²) in [6.45, 7) is 4.71. The number of nitrogens with zero attached hydrogens (tertiary/aromatic N) is 2. The Labute approximate surface area is 159 Å². The van der Waals surface area contributed by atoms with Gasteiger partial charge < -0.3 is 13.7 Å². The molecule has 2 aromatic rings. The third kappa shape index (κ3) is 3.03. The molecule has 2 aromatic heterocycles. The number of piperidine rings is 1. The first-order valence-corrected chi connectivity index (χ1v) is 10.9. The van der Waals surface area contributed by atoms with Crippen molar-refractivity contribution in [1.29, 1.82) is 0 Å². The van der Waals surface area contributed by atoms with Crippen molar-refractivity contribution in [3.63, 3.8) is 0 Å². The van der Waals surface area contributed by atoms with Gasteiger partial charge in [-0.1, -0.05) is 11.6 Å². The zero-order valence-electron chi connectivity index (χ0n) is 16.0. The Hall–Kier alpha value is -1.64. The molecule has 0 bridgehead atoms. The van der Waals surface area contributed by atoms with Gasteiger partial charge in [-0.3, -0.25) is 0 Å². The van der Waals surface area contributed by atoms with Gasteiger partial charge in [-0.2, -0.15) is 4.31 Å². The van der Waals surface area contributed by atoms with Crippen molar-refractivity contribution in [2.75, 3.05) is 20.2 Å². The van der Waals surface area contributed by atoms with E-state index in [0.29, 0.717) is 24.6 Å². The van der Waals surface area contributed by atoms with Crippen LogP contribution in [0.3, 0.4) is 0 Å². The highest BCUT2D eigenvalue weighted by Crippen LogP contribution is 2.47. The summed E-state index contributed by atoms with van der Waals surface area (Å²) in [4.78, 5) is 0. The predicted molar refractivity (Wildman–Crippen MR) is 98.8 cm³/mol. The molecule has 2 aliphatic rings. The first-order valence-electron chi connectivity index (χ1n) is 9.43. The Balaban J connectivity index is 1.61. The van der Waals surface area contributed by atoms with E-state index in [0.717, 1.165) is 43.4 Å². The van der Waals surface area contributed by atoms with Crippen LogP contribution in [-0.4, -0.2) is 44.2 Å². The Bertz CT molecular complexity index is 932. The van der Waals surface area contributed by atoms with Gasteiger partial charge in [0.25, 0.3) is 10.0 Å². The van der Waals surface area contributed by atoms with E-state index in [4.69, 9.17) is 13.7 Å². The molecule has 1 aliphatic heterocycles. The van der Waals surface area contributed by atoms with Crippen LogP contribution in [0.15, 0.2) is 26.2 Å². The van der Waals surface area contributed by atoms with Crippen molar-refractivity contribution in [2.24, 2.45) is 5.41 Å². The molecule has 0 aromatic carbocycles. The van der Waals surface area contributed by atoms with E-state index in [1.54, 1.807) is 17.5 Å². The minimum atomic E-state index is -3.70. The fraction of sp³-hybridized carbons (Fsp3) is 0.632. The molecular weight excluding hydrogens is 368 g/mol. The summed E-state index contributed by atoms with van der Waals surface area (Å²) < 4.78 is 44.6. The number of hydrogen-bond donors (Lipinski definition) is 0. The number of aromatic nitrogens is 1. The van der Waals surface area contributed by atoms with Gasteiger partial charge in [0.15, 0.2) is 5.76 Å². The summed E-state index contributed by atoms with van der Waals surface area (Å²) >= 11 is 0. The second kappa shape index (κ2) is 6.76. The summed E-state index contributed by atoms with van der Waals surface area (Å²) in [5.74, 6) is 0.855. The maximum absolute atomic E-state index is 13.2. The fourth-order valence-corrected chi connectivity index (χ4v) is 6.10. The van der Waals surface area contributed by atoms with Crippen LogP contribution in [-0.2, 0) is 14.8 Å². The topological polar surface area (TPSA) is 85.8 Å². The lowest BCUT2D eigenvalue weighted by Crippen LogP contribution is -2.49. The van der Waals surface area contributed by atoms with Crippen molar-refractivity contribution in [3.05, 3.63) is 23.4 Å². The van der Waals surface area contributed by atoms with Crippen molar-refractivity contribution < 1.29 is 22.1 Å². The van der Waals surface area contributed by atoms with Crippen LogP contribution in [0.2, 0.25) is 0 Å². The highest BCUT2D eigenvalue weighted by atomic mass is 32.2. The quantitative estimate of drug-likeness (QED) is 0.789. The molecule has 1 spiro atoms. The maximum atomic E-state index is 13.2. The molecule has 2 fully saturated rings. The second-order valence-electron chi connectivity index (χ2n) is 7.76. The van der Waals surface area contributed by atoms with Crippen LogP contribution < -0.4 is 0 Å². The summed E-state index contributed by atoms with van der Waals surface area (Å²) in [6, 6.07) is 3.14. The number of methoxy groups -OCH3 is 1. The molecule has 3 heterocycles. The van der Waals surface area contributed by atoms with E-state index >= 15 is 0 Å². The predicted octanol–water partition coefficient (Wildman–Crippen LogP) is 3.52. The Morgan fingerprint density at radius 3 is 2.74 bits per heavy atom. The van der Waals surface area contributed by atoms with Crippen molar-refractivity contribution in [3.8, 4) is 11.5 Å². The molecule has 2 atom stereocenters. The average Bonchev–Trinajstić information content (AvgIpc) is 3.36. The molecule has 7 nitrogen and oxygen atoms in total. The van der Waals surface area contributed by atoms with E-state index in [2.05, 4.69) is 5.16 Å². The zero-order valence-corrected chi connectivity index (χ0v) is 16.8. The molecule has 1 unspecified atom stereocenters. The van der Waals surface area contributed by atoms with E-state index in [1.807, 2.05) is 13.8 Å². The van der Waals surface area contributed by atoms with Crippen LogP contribution in [0.1, 0.15) is 43.4 Å². The minimum Gasteiger partial charge on any atom is -0.440 e. The molecule has 148 valence electrons. The van der Waals surface area contributed by atoms with Gasteiger partial charge in [0.2, 0.25) is 10.9 Å². The van der Waals surface area contributed by atoms with E-state index < -0.39 is 10.0 Å². The molecule has 0 N–H and O–H groups in total. The van der Waals surface area contributed by atoms with Gasteiger partial charge in [-0.25, -0.2) is 8.42 Å². The smallest absolute Gasteiger partial charge is 0.276 e. The number of hydrogen-bond acceptors (Lipinski definition) is 6. The highest BCUT2D eigenvalue weighted by molar-refractivity contribution is 7.89. The maximum Gasteiger partial charge on any atom is 0.276 e. The molecule has 1 aliphatic carbocycles. The van der Waals surface area contributed by atoms with Gasteiger partial charge in [-0.15, -0.1) is 0 Å². The van der Waals surface area contributed by atoms with Crippen LogP contribution in [0.4, 0.5) is 0 Å².